The molecule has 1 N–H and O–H groups in total. The molecule has 0 saturated heterocycles. The summed E-state index contributed by atoms with van der Waals surface area (Å²) in [5.74, 6) is 0.0534. The maximum absolute atomic E-state index is 12.7. The van der Waals surface area contributed by atoms with Crippen LogP contribution in [0.1, 0.15) is 26.5 Å². The number of carbonyl (C=O) groups excluding carboxylic acids is 2. The van der Waals surface area contributed by atoms with Gasteiger partial charge in [-0.25, -0.2) is 4.98 Å². The van der Waals surface area contributed by atoms with Crippen LogP contribution in [-0.4, -0.2) is 31.0 Å². The number of amides is 2. The van der Waals surface area contributed by atoms with E-state index in [1.807, 2.05) is 54.6 Å². The highest BCUT2D eigenvalue weighted by Gasteiger charge is 2.17. The van der Waals surface area contributed by atoms with E-state index in [4.69, 9.17) is 4.74 Å². The van der Waals surface area contributed by atoms with E-state index in [9.17, 15) is 9.59 Å². The number of rotatable bonds is 6. The van der Waals surface area contributed by atoms with Gasteiger partial charge in [-0.3, -0.25) is 9.59 Å². The highest BCUT2D eigenvalue weighted by Crippen LogP contribution is 2.17. The Morgan fingerprint density at radius 2 is 1.61 bits per heavy atom. The summed E-state index contributed by atoms with van der Waals surface area (Å²) in [6, 6.07) is 21.5. The van der Waals surface area contributed by atoms with Crippen molar-refractivity contribution in [1.29, 1.82) is 0 Å². The number of nitrogens with zero attached hydrogens (tertiary/aromatic N) is 2. The third kappa shape index (κ3) is 4.35. The predicted molar refractivity (Wildman–Crippen MR) is 108 cm³/mol. The van der Waals surface area contributed by atoms with Gasteiger partial charge in [-0.05, 0) is 30.3 Å². The number of pyridine rings is 1. The quantitative estimate of drug-likeness (QED) is 0.718. The van der Waals surface area contributed by atoms with Crippen LogP contribution in [0.3, 0.4) is 0 Å². The molecule has 0 spiro atoms. The van der Waals surface area contributed by atoms with Crippen molar-refractivity contribution < 1.29 is 14.3 Å². The second-order valence-corrected chi connectivity index (χ2v) is 6.10. The fourth-order valence-electron chi connectivity index (χ4n) is 2.74. The molecule has 0 aliphatic carbocycles. The molecule has 0 unspecified atom stereocenters. The number of ether oxygens (including phenoxy) is 1. The molecular weight excluding hydrogens is 354 g/mol. The Morgan fingerprint density at radius 3 is 2.36 bits per heavy atom. The lowest BCUT2D eigenvalue weighted by Crippen LogP contribution is -2.29. The summed E-state index contributed by atoms with van der Waals surface area (Å²) in [7, 11) is 3.26. The Hall–Kier alpha value is -3.67. The van der Waals surface area contributed by atoms with Gasteiger partial charge in [-0.1, -0.05) is 42.5 Å². The van der Waals surface area contributed by atoms with Crippen molar-refractivity contribution in [1.82, 2.24) is 10.3 Å². The minimum absolute atomic E-state index is 0.183. The molecule has 1 heterocycles. The minimum atomic E-state index is -0.358. The van der Waals surface area contributed by atoms with Crippen LogP contribution in [0.5, 0.6) is 5.75 Å². The smallest absolute Gasteiger partial charge is 0.276 e. The maximum Gasteiger partial charge on any atom is 0.276 e. The van der Waals surface area contributed by atoms with Gasteiger partial charge >= 0.3 is 0 Å². The average Bonchev–Trinajstić information content (AvgIpc) is 2.77. The summed E-state index contributed by atoms with van der Waals surface area (Å²) in [5.41, 5.74) is 1.99. The van der Waals surface area contributed by atoms with Crippen LogP contribution in [0.25, 0.3) is 0 Å². The third-order valence-electron chi connectivity index (χ3n) is 4.28. The monoisotopic (exact) mass is 375 g/mol. The molecule has 6 heteroatoms. The van der Waals surface area contributed by atoms with Gasteiger partial charge in [-0.15, -0.1) is 0 Å². The van der Waals surface area contributed by atoms with Crippen molar-refractivity contribution in [3.63, 3.8) is 0 Å². The molecule has 0 radical (unpaired) electrons. The van der Waals surface area contributed by atoms with Gasteiger partial charge in [0.05, 0.1) is 7.11 Å². The van der Waals surface area contributed by atoms with E-state index in [0.29, 0.717) is 12.3 Å². The average molecular weight is 375 g/mol. The highest BCUT2D eigenvalue weighted by molar-refractivity contribution is 6.05. The molecule has 2 amide bonds. The zero-order valence-electron chi connectivity index (χ0n) is 15.8. The summed E-state index contributed by atoms with van der Waals surface area (Å²) in [6.07, 6.45) is 0. The zero-order chi connectivity index (χ0) is 19.9. The number of benzene rings is 2. The molecule has 3 rings (SSSR count). The fraction of sp³-hybridized carbons (Fsp3) is 0.136. The normalized spacial score (nSPS) is 10.2. The lowest BCUT2D eigenvalue weighted by Gasteiger charge is -2.17. The van der Waals surface area contributed by atoms with Gasteiger partial charge in [-0.2, -0.15) is 0 Å². The van der Waals surface area contributed by atoms with Crippen molar-refractivity contribution in [2.45, 2.75) is 6.54 Å². The van der Waals surface area contributed by atoms with E-state index in [1.54, 1.807) is 32.4 Å². The lowest BCUT2D eigenvalue weighted by atomic mass is 10.2. The molecular formula is C22H21N3O3. The van der Waals surface area contributed by atoms with Crippen molar-refractivity contribution in [3.05, 3.63) is 89.7 Å². The summed E-state index contributed by atoms with van der Waals surface area (Å²) in [4.78, 5) is 30.9. The molecule has 1 aromatic heterocycles. The van der Waals surface area contributed by atoms with Crippen LogP contribution in [0.15, 0.2) is 72.8 Å². The van der Waals surface area contributed by atoms with E-state index in [0.717, 1.165) is 11.3 Å². The standard InChI is InChI=1S/C22H21N3O3/c1-25(17-10-4-3-5-11-17)22(27)19-13-8-12-18(24-19)21(26)23-15-16-9-6-7-14-20(16)28-2/h3-14H,15H2,1-2H3,(H,23,26). The van der Waals surface area contributed by atoms with Gasteiger partial charge in [0.1, 0.15) is 17.1 Å². The highest BCUT2D eigenvalue weighted by atomic mass is 16.5. The number of hydrogen-bond donors (Lipinski definition) is 1. The molecule has 0 saturated carbocycles. The topological polar surface area (TPSA) is 71.5 Å². The van der Waals surface area contributed by atoms with Gasteiger partial charge in [0.15, 0.2) is 0 Å². The first-order valence-electron chi connectivity index (χ1n) is 8.80. The molecule has 0 atom stereocenters. The first-order valence-corrected chi connectivity index (χ1v) is 8.80. The second kappa shape index (κ2) is 8.81. The first-order chi connectivity index (χ1) is 13.6. The molecule has 0 aliphatic rings. The van der Waals surface area contributed by atoms with E-state index >= 15 is 0 Å². The second-order valence-electron chi connectivity index (χ2n) is 6.10. The van der Waals surface area contributed by atoms with Crippen molar-refractivity contribution in [2.75, 3.05) is 19.1 Å². The largest absolute Gasteiger partial charge is 0.496 e. The number of aromatic nitrogens is 1. The summed E-state index contributed by atoms with van der Waals surface area (Å²) >= 11 is 0. The third-order valence-corrected chi connectivity index (χ3v) is 4.28. The molecule has 142 valence electrons. The number of hydrogen-bond acceptors (Lipinski definition) is 4. The Morgan fingerprint density at radius 1 is 0.929 bits per heavy atom. The van der Waals surface area contributed by atoms with E-state index in [2.05, 4.69) is 10.3 Å². The van der Waals surface area contributed by atoms with Crippen LogP contribution in [0, 0.1) is 0 Å². The predicted octanol–water partition coefficient (Wildman–Crippen LogP) is 3.30. The van der Waals surface area contributed by atoms with Crippen molar-refractivity contribution in [2.24, 2.45) is 0 Å². The molecule has 0 fully saturated rings. The SMILES string of the molecule is COc1ccccc1CNC(=O)c1cccc(C(=O)N(C)c2ccccc2)n1. The molecule has 28 heavy (non-hydrogen) atoms. The minimum Gasteiger partial charge on any atom is -0.496 e. The van der Waals surface area contributed by atoms with E-state index < -0.39 is 0 Å². The van der Waals surface area contributed by atoms with Crippen LogP contribution < -0.4 is 15.0 Å². The number of nitrogens with one attached hydrogen (secondary N) is 1. The summed E-state index contributed by atoms with van der Waals surface area (Å²) < 4.78 is 5.29. The van der Waals surface area contributed by atoms with Crippen LogP contribution >= 0.6 is 0 Å². The Bertz CT molecular complexity index is 974. The molecule has 6 nitrogen and oxygen atoms in total. The maximum atomic E-state index is 12.7. The van der Waals surface area contributed by atoms with Gasteiger partial charge in [0.2, 0.25) is 0 Å². The van der Waals surface area contributed by atoms with Crippen LogP contribution in [-0.2, 0) is 6.54 Å². The molecule has 3 aromatic rings. The summed E-state index contributed by atoms with van der Waals surface area (Å²) in [6.45, 7) is 0.298. The fourth-order valence-corrected chi connectivity index (χ4v) is 2.74. The molecule has 2 aromatic carbocycles. The lowest BCUT2D eigenvalue weighted by molar-refractivity contribution is 0.0945. The van der Waals surface area contributed by atoms with Crippen LogP contribution in [0.2, 0.25) is 0 Å². The van der Waals surface area contributed by atoms with Crippen molar-refractivity contribution >= 4 is 17.5 Å². The number of methoxy groups -OCH3 is 1. The zero-order valence-corrected chi connectivity index (χ0v) is 15.8. The Kier molecular flexibility index (Phi) is 6.01. The number of anilines is 1. The molecule has 0 bridgehead atoms. The first kappa shape index (κ1) is 19.1. The van der Waals surface area contributed by atoms with Gasteiger partial charge < -0.3 is 15.0 Å². The van der Waals surface area contributed by atoms with E-state index in [1.165, 1.54) is 4.90 Å². The Labute approximate surface area is 163 Å². The van der Waals surface area contributed by atoms with E-state index in [-0.39, 0.29) is 23.2 Å². The molecule has 0 aliphatic heterocycles. The van der Waals surface area contributed by atoms with Gasteiger partial charge in [0, 0.05) is 24.8 Å². The Balaban J connectivity index is 1.72. The van der Waals surface area contributed by atoms with Crippen molar-refractivity contribution in [3.8, 4) is 5.75 Å². The van der Waals surface area contributed by atoms with Gasteiger partial charge in [0.25, 0.3) is 11.8 Å². The number of para-hydroxylation sites is 2. The summed E-state index contributed by atoms with van der Waals surface area (Å²) in [5, 5.41) is 2.81. The van der Waals surface area contributed by atoms with Crippen LogP contribution in [0.4, 0.5) is 5.69 Å². The number of carbonyl (C=O) groups is 2.